The van der Waals surface area contributed by atoms with Crippen molar-refractivity contribution in [2.24, 2.45) is 35.5 Å². The molecule has 8 aliphatic rings. The van der Waals surface area contributed by atoms with Crippen molar-refractivity contribution in [1.82, 2.24) is 0 Å². The first-order chi connectivity index (χ1) is 21.2. The van der Waals surface area contributed by atoms with Gasteiger partial charge in [0.1, 0.15) is 23.0 Å². The fourth-order valence-electron chi connectivity index (χ4n) is 11.9. The zero-order chi connectivity index (χ0) is 29.8. The van der Waals surface area contributed by atoms with Crippen LogP contribution < -0.4 is 20.9 Å². The Hall–Kier alpha value is -2.56. The van der Waals surface area contributed by atoms with Crippen LogP contribution in [-0.2, 0) is 10.8 Å². The number of hydrogen-bond donors (Lipinski definition) is 2. The van der Waals surface area contributed by atoms with Crippen molar-refractivity contribution in [2.75, 3.05) is 11.5 Å². The highest BCUT2D eigenvalue weighted by Crippen LogP contribution is 2.66. The quantitative estimate of drug-likeness (QED) is 0.266. The lowest BCUT2D eigenvalue weighted by Gasteiger charge is -2.58. The Labute approximate surface area is 270 Å². The molecule has 0 heterocycles. The normalized spacial score (nSPS) is 36.1. The zero-order valence-electron chi connectivity index (χ0n) is 25.3. The molecule has 8 fully saturated rings. The van der Waals surface area contributed by atoms with Gasteiger partial charge in [0.2, 0.25) is 0 Å². The van der Waals surface area contributed by atoms with Gasteiger partial charge < -0.3 is 20.9 Å². The molecule has 44 heavy (non-hydrogen) atoms. The molecular weight excluding hydrogens is 587 g/mol. The second-order valence-electron chi connectivity index (χ2n) is 15.8. The topological polar surface area (TPSA) is 70.5 Å². The summed E-state index contributed by atoms with van der Waals surface area (Å²) in [5.74, 6) is 8.20. The Morgan fingerprint density at radius 3 is 1.16 bits per heavy atom. The fraction of sp³-hybridized carbons (Fsp3) is 0.526. The van der Waals surface area contributed by atoms with Crippen LogP contribution in [0.4, 0.5) is 11.4 Å². The number of nitrogen functional groups attached to an aromatic ring is 2. The number of nitrogens with two attached hydrogens (primary N) is 2. The summed E-state index contributed by atoms with van der Waals surface area (Å²) in [6.45, 7) is 0. The molecule has 0 radical (unpaired) electrons. The Kier molecular flexibility index (Phi) is 6.28. The Morgan fingerprint density at radius 1 is 0.500 bits per heavy atom. The van der Waals surface area contributed by atoms with Gasteiger partial charge in [0.25, 0.3) is 0 Å². The van der Waals surface area contributed by atoms with E-state index in [2.05, 4.69) is 12.1 Å². The monoisotopic (exact) mass is 628 g/mol. The Morgan fingerprint density at radius 2 is 0.841 bits per heavy atom. The maximum absolute atomic E-state index is 6.87. The van der Waals surface area contributed by atoms with Gasteiger partial charge in [0.15, 0.2) is 0 Å². The van der Waals surface area contributed by atoms with E-state index in [0.717, 1.165) is 47.0 Å². The Bertz CT molecular complexity index is 1460. The van der Waals surface area contributed by atoms with Crippen molar-refractivity contribution >= 4 is 34.6 Å². The van der Waals surface area contributed by atoms with E-state index in [0.29, 0.717) is 32.9 Å². The molecule has 3 aromatic carbocycles. The van der Waals surface area contributed by atoms with E-state index in [9.17, 15) is 0 Å². The fourth-order valence-corrected chi connectivity index (χ4v) is 12.1. The van der Waals surface area contributed by atoms with E-state index in [-0.39, 0.29) is 10.8 Å². The minimum atomic E-state index is 0.155. The molecule has 0 aliphatic heterocycles. The summed E-state index contributed by atoms with van der Waals surface area (Å²) in [5, 5.41) is 1.08. The van der Waals surface area contributed by atoms with Crippen LogP contribution in [0.2, 0.25) is 10.0 Å². The molecule has 0 saturated heterocycles. The average Bonchev–Trinajstić information content (AvgIpc) is 2.95. The van der Waals surface area contributed by atoms with Gasteiger partial charge in [0, 0.05) is 29.3 Å². The highest BCUT2D eigenvalue weighted by atomic mass is 35.5. The van der Waals surface area contributed by atoms with E-state index >= 15 is 0 Å². The van der Waals surface area contributed by atoms with Crippen LogP contribution in [0, 0.1) is 35.5 Å². The smallest absolute Gasteiger partial charge is 0.134 e. The van der Waals surface area contributed by atoms with Crippen LogP contribution in [0.3, 0.4) is 0 Å². The van der Waals surface area contributed by atoms with Crippen LogP contribution in [-0.4, -0.2) is 0 Å². The van der Waals surface area contributed by atoms with Crippen molar-refractivity contribution in [3.05, 3.63) is 69.7 Å². The summed E-state index contributed by atoms with van der Waals surface area (Å²) >= 11 is 12.6. The molecule has 3 aromatic rings. The van der Waals surface area contributed by atoms with Gasteiger partial charge in [0.05, 0.1) is 21.4 Å². The lowest BCUT2D eigenvalue weighted by Crippen LogP contribution is -2.50. The summed E-state index contributed by atoms with van der Waals surface area (Å²) in [4.78, 5) is 0. The molecule has 8 bridgehead atoms. The van der Waals surface area contributed by atoms with Crippen molar-refractivity contribution < 1.29 is 9.47 Å². The van der Waals surface area contributed by atoms with Crippen molar-refractivity contribution in [3.8, 4) is 23.0 Å². The third kappa shape index (κ3) is 4.53. The van der Waals surface area contributed by atoms with Crippen LogP contribution in [0.25, 0.3) is 0 Å². The molecule has 4 N–H and O–H groups in total. The number of ether oxygens (including phenoxy) is 2. The minimum Gasteiger partial charge on any atom is -0.457 e. The van der Waals surface area contributed by atoms with Gasteiger partial charge in [-0.2, -0.15) is 0 Å². The molecular formula is C38H42Cl2N2O2. The molecule has 6 heteroatoms. The van der Waals surface area contributed by atoms with Crippen molar-refractivity contribution in [2.45, 2.75) is 87.9 Å². The molecule has 0 amide bonds. The molecule has 11 rings (SSSR count). The lowest BCUT2D eigenvalue weighted by atomic mass is 9.46. The summed E-state index contributed by atoms with van der Waals surface area (Å²) in [5.41, 5.74) is 16.7. The van der Waals surface area contributed by atoms with Crippen LogP contribution in [0.1, 0.15) is 88.2 Å². The maximum atomic E-state index is 6.87. The highest BCUT2D eigenvalue weighted by molar-refractivity contribution is 6.33. The van der Waals surface area contributed by atoms with Gasteiger partial charge in [-0.15, -0.1) is 0 Å². The van der Waals surface area contributed by atoms with Crippen LogP contribution >= 0.6 is 23.2 Å². The van der Waals surface area contributed by atoms with Crippen molar-refractivity contribution in [3.63, 3.8) is 0 Å². The number of halogens is 2. The number of anilines is 2. The van der Waals surface area contributed by atoms with E-state index in [4.69, 9.17) is 44.1 Å². The lowest BCUT2D eigenvalue weighted by molar-refractivity contribution is -0.00937. The third-order valence-corrected chi connectivity index (χ3v) is 13.4. The van der Waals surface area contributed by atoms with Crippen molar-refractivity contribution in [1.29, 1.82) is 0 Å². The third-order valence-electron chi connectivity index (χ3n) is 12.7. The van der Waals surface area contributed by atoms with Gasteiger partial charge in [-0.05, 0) is 154 Å². The largest absolute Gasteiger partial charge is 0.457 e. The maximum Gasteiger partial charge on any atom is 0.134 e. The predicted octanol–water partition coefficient (Wildman–Crippen LogP) is 10.7. The molecule has 0 aromatic heterocycles. The molecule has 0 spiro atoms. The first-order valence-corrected chi connectivity index (χ1v) is 17.6. The molecule has 8 aliphatic carbocycles. The first kappa shape index (κ1) is 27.7. The molecule has 230 valence electrons. The summed E-state index contributed by atoms with van der Waals surface area (Å²) in [6.07, 6.45) is 16.1. The first-order valence-electron chi connectivity index (χ1n) is 16.9. The SMILES string of the molecule is Nc1cc(Oc2cc(Oc3ccc(Cl)c(N)c3)c(C34CC5CC(CC(C5)C3)C4)cc2C23CC4CC(CC(C4)C2)C3)ccc1Cl. The molecule has 0 unspecified atom stereocenters. The van der Waals surface area contributed by atoms with Gasteiger partial charge in [-0.3, -0.25) is 0 Å². The van der Waals surface area contributed by atoms with E-state index in [1.54, 1.807) is 0 Å². The second-order valence-corrected chi connectivity index (χ2v) is 16.6. The minimum absolute atomic E-state index is 0.155. The molecule has 4 nitrogen and oxygen atoms in total. The van der Waals surface area contributed by atoms with E-state index in [1.807, 2.05) is 36.4 Å². The Balaban J connectivity index is 1.23. The predicted molar refractivity (Wildman–Crippen MR) is 178 cm³/mol. The summed E-state index contributed by atoms with van der Waals surface area (Å²) < 4.78 is 13.7. The highest BCUT2D eigenvalue weighted by Gasteiger charge is 2.55. The number of benzene rings is 3. The van der Waals surface area contributed by atoms with Gasteiger partial charge >= 0.3 is 0 Å². The van der Waals surface area contributed by atoms with E-state index < -0.39 is 0 Å². The van der Waals surface area contributed by atoms with Gasteiger partial charge in [-0.1, -0.05) is 23.2 Å². The summed E-state index contributed by atoms with van der Waals surface area (Å²) in [6, 6.07) is 16.0. The van der Waals surface area contributed by atoms with E-state index in [1.165, 1.54) is 88.2 Å². The second kappa shape index (κ2) is 9.97. The van der Waals surface area contributed by atoms with Crippen LogP contribution in [0.15, 0.2) is 48.5 Å². The molecule has 8 saturated carbocycles. The number of rotatable bonds is 6. The summed E-state index contributed by atoms with van der Waals surface area (Å²) in [7, 11) is 0. The van der Waals surface area contributed by atoms with Crippen LogP contribution in [0.5, 0.6) is 23.0 Å². The standard InChI is InChI=1S/C38H42Cl2N2O2/c39-31-3-1-27(11-33(31)41)43-35-14-36(44-28-2-4-32(40)34(42)12-28)30(38-18-24-8-25(19-38)10-26(9-24)20-38)13-29(35)37-15-21-5-22(16-37)7-23(6-21)17-37/h1-4,11-14,21-26H,5-10,15-20,41-42H2. The van der Waals surface area contributed by atoms with Gasteiger partial charge in [-0.25, -0.2) is 0 Å². The zero-order valence-corrected chi connectivity index (χ0v) is 26.8. The molecule has 0 atom stereocenters. The average molecular weight is 630 g/mol. The number of hydrogen-bond acceptors (Lipinski definition) is 4.